The molecule has 3 aliphatic rings. The zero-order valence-corrected chi connectivity index (χ0v) is 29.0. The molecule has 3 saturated heterocycles. The molecule has 3 atom stereocenters. The number of fused-ring (bicyclic) bond motifs is 3. The molecule has 0 amide bonds. The van der Waals surface area contributed by atoms with Crippen LogP contribution < -0.4 is 14.8 Å². The third-order valence-corrected chi connectivity index (χ3v) is 10.6. The lowest BCUT2D eigenvalue weighted by molar-refractivity contribution is -0.161. The number of nitrogens with zero attached hydrogens (tertiary/aromatic N) is 2. The van der Waals surface area contributed by atoms with E-state index in [4.69, 9.17) is 42.1 Å². The third kappa shape index (κ3) is 7.96. The van der Waals surface area contributed by atoms with Crippen molar-refractivity contribution in [3.05, 3.63) is 110 Å². The highest BCUT2D eigenvalue weighted by Gasteiger charge is 2.38. The monoisotopic (exact) mass is 709 g/mol. The first-order chi connectivity index (χ1) is 23.3. The van der Waals surface area contributed by atoms with Crippen LogP contribution in [-0.4, -0.2) is 61.8 Å². The fourth-order valence-electron chi connectivity index (χ4n) is 6.32. The highest BCUT2D eigenvalue weighted by Crippen LogP contribution is 2.36. The minimum atomic E-state index is -0.750. The number of benzene rings is 2. The lowest BCUT2D eigenvalue weighted by Gasteiger charge is -2.44. The summed E-state index contributed by atoms with van der Waals surface area (Å²) in [5, 5.41) is 5.87. The van der Waals surface area contributed by atoms with Gasteiger partial charge in [-0.2, -0.15) is 0 Å². The quantitative estimate of drug-likeness (QED) is 0.146. The van der Waals surface area contributed by atoms with Crippen LogP contribution in [-0.2, 0) is 27.2 Å². The molecular formula is C36H37Cl2N3O6S. The smallest absolute Gasteiger partial charge is 0.339 e. The summed E-state index contributed by atoms with van der Waals surface area (Å²) in [6.07, 6.45) is 4.50. The number of hydrogen-bond donors (Lipinski definition) is 1. The molecule has 0 saturated carbocycles. The van der Waals surface area contributed by atoms with Gasteiger partial charge in [-0.1, -0.05) is 59.6 Å². The molecular weight excluding hydrogens is 673 g/mol. The maximum absolute atomic E-state index is 13.6. The Morgan fingerprint density at radius 2 is 1.71 bits per heavy atom. The van der Waals surface area contributed by atoms with Crippen LogP contribution in [0.1, 0.15) is 56.9 Å². The van der Waals surface area contributed by atoms with E-state index in [1.165, 1.54) is 23.7 Å². The average molecular weight is 711 g/mol. The van der Waals surface area contributed by atoms with Crippen molar-refractivity contribution in [1.29, 1.82) is 0 Å². The predicted molar refractivity (Wildman–Crippen MR) is 185 cm³/mol. The molecule has 9 nitrogen and oxygen atoms in total. The Balaban J connectivity index is 1.17. The molecule has 1 N–H and O–H groups in total. The molecule has 0 aliphatic carbocycles. The minimum Gasteiger partial charge on any atom is -0.493 e. The summed E-state index contributed by atoms with van der Waals surface area (Å²) in [5.41, 5.74) is 2.49. The number of nitrogens with one attached hydrogen (secondary N) is 1. The van der Waals surface area contributed by atoms with Crippen molar-refractivity contribution >= 4 is 46.5 Å². The van der Waals surface area contributed by atoms with Gasteiger partial charge in [-0.15, -0.1) is 11.3 Å². The van der Waals surface area contributed by atoms with Gasteiger partial charge in [0.2, 0.25) is 0 Å². The molecule has 3 fully saturated rings. The van der Waals surface area contributed by atoms with Gasteiger partial charge in [-0.25, -0.2) is 9.59 Å². The van der Waals surface area contributed by atoms with Crippen LogP contribution in [0.25, 0.3) is 0 Å². The van der Waals surface area contributed by atoms with Crippen LogP contribution in [0, 0.1) is 5.92 Å². The average Bonchev–Trinajstić information content (AvgIpc) is 3.59. The van der Waals surface area contributed by atoms with E-state index in [0.717, 1.165) is 42.9 Å². The fourth-order valence-corrected chi connectivity index (χ4v) is 7.65. The van der Waals surface area contributed by atoms with Crippen LogP contribution in [0.4, 0.5) is 0 Å². The summed E-state index contributed by atoms with van der Waals surface area (Å²) >= 11 is 14.3. The zero-order valence-electron chi connectivity index (χ0n) is 26.7. The van der Waals surface area contributed by atoms with E-state index in [1.807, 2.05) is 36.4 Å². The summed E-state index contributed by atoms with van der Waals surface area (Å²) in [4.78, 5) is 34.4. The first-order valence-electron chi connectivity index (χ1n) is 15.8. The standard InChI is InChI=1S/C36H37Cl2N3O6S/c1-44-30-9-8-24(15-32(30)45-2)31(16-27-28(37)18-39-19-29(27)38)46-35(42)25-14-26(48-21-25)17-40-34(23-6-4-3-5-7-23)36(43)47-33-20-41-12-10-22(33)11-13-41/h3-9,14-15,18-19,21-22,31,33-34,40H,10-13,16-17,20H2,1-2H3/t31-,33-,34?/m0/s1. The van der Waals surface area contributed by atoms with Gasteiger partial charge in [-0.3, -0.25) is 15.2 Å². The van der Waals surface area contributed by atoms with Crippen molar-refractivity contribution in [2.75, 3.05) is 33.9 Å². The van der Waals surface area contributed by atoms with Gasteiger partial charge in [0.05, 0.1) is 29.8 Å². The van der Waals surface area contributed by atoms with Gasteiger partial charge in [0.25, 0.3) is 0 Å². The van der Waals surface area contributed by atoms with Gasteiger partial charge in [0, 0.05) is 42.2 Å². The SMILES string of the molecule is COc1ccc([C@H](Cc2c(Cl)cncc2Cl)OC(=O)c2csc(CNC(C(=O)O[C@H]3CN4CCC3CC4)c3ccccc3)c2)cc1OC. The van der Waals surface area contributed by atoms with Crippen molar-refractivity contribution in [3.8, 4) is 11.5 Å². The Kier molecular flexibility index (Phi) is 11.2. The second-order valence-electron chi connectivity index (χ2n) is 11.9. The molecule has 252 valence electrons. The maximum atomic E-state index is 13.6. The summed E-state index contributed by atoms with van der Waals surface area (Å²) < 4.78 is 23.1. The van der Waals surface area contributed by atoms with Gasteiger partial charge in [0.1, 0.15) is 18.2 Å². The van der Waals surface area contributed by atoms with Crippen molar-refractivity contribution in [3.63, 3.8) is 0 Å². The lowest BCUT2D eigenvalue weighted by Crippen LogP contribution is -2.52. The molecule has 2 bridgehead atoms. The summed E-state index contributed by atoms with van der Waals surface area (Å²) in [5.74, 6) is 0.645. The van der Waals surface area contributed by atoms with Crippen LogP contribution in [0.15, 0.2) is 72.4 Å². The lowest BCUT2D eigenvalue weighted by atomic mass is 9.86. The molecule has 48 heavy (non-hydrogen) atoms. The van der Waals surface area contributed by atoms with Gasteiger partial charge >= 0.3 is 11.9 Å². The Morgan fingerprint density at radius 3 is 2.38 bits per heavy atom. The van der Waals surface area contributed by atoms with Crippen molar-refractivity contribution in [1.82, 2.24) is 15.2 Å². The highest BCUT2D eigenvalue weighted by atomic mass is 35.5. The number of hydrogen-bond acceptors (Lipinski definition) is 10. The molecule has 0 spiro atoms. The predicted octanol–water partition coefficient (Wildman–Crippen LogP) is 7.08. The molecule has 5 heterocycles. The van der Waals surface area contributed by atoms with E-state index in [2.05, 4.69) is 15.2 Å². The number of carbonyl (C=O) groups excluding carboxylic acids is 2. The van der Waals surface area contributed by atoms with Gasteiger partial charge < -0.3 is 18.9 Å². The molecule has 3 aliphatic heterocycles. The van der Waals surface area contributed by atoms with E-state index >= 15 is 0 Å². The molecule has 4 aromatic rings. The number of pyridine rings is 1. The number of esters is 2. The Morgan fingerprint density at radius 1 is 0.979 bits per heavy atom. The number of halogens is 2. The Bertz CT molecular complexity index is 1710. The first kappa shape index (κ1) is 34.2. The number of methoxy groups -OCH3 is 2. The van der Waals surface area contributed by atoms with Crippen molar-refractivity contribution in [2.24, 2.45) is 5.92 Å². The summed E-state index contributed by atoms with van der Waals surface area (Å²) in [6.45, 7) is 3.29. The first-order valence-corrected chi connectivity index (χ1v) is 17.5. The zero-order chi connectivity index (χ0) is 33.6. The van der Waals surface area contributed by atoms with Crippen LogP contribution in [0.5, 0.6) is 11.5 Å². The molecule has 7 rings (SSSR count). The molecule has 0 radical (unpaired) electrons. The number of piperidine rings is 3. The Labute approximate surface area is 294 Å². The van der Waals surface area contributed by atoms with Gasteiger partial charge in [-0.05, 0) is 66.7 Å². The van der Waals surface area contributed by atoms with E-state index in [0.29, 0.717) is 50.7 Å². The van der Waals surface area contributed by atoms with Gasteiger partial charge in [0.15, 0.2) is 11.5 Å². The Hall–Kier alpha value is -3.67. The second kappa shape index (κ2) is 15.7. The summed E-state index contributed by atoms with van der Waals surface area (Å²) in [7, 11) is 3.10. The van der Waals surface area contributed by atoms with E-state index in [1.54, 1.807) is 37.8 Å². The number of carbonyl (C=O) groups is 2. The summed E-state index contributed by atoms with van der Waals surface area (Å²) in [6, 6.07) is 16.0. The van der Waals surface area contributed by atoms with E-state index in [9.17, 15) is 9.59 Å². The molecule has 2 aromatic carbocycles. The maximum Gasteiger partial charge on any atom is 0.339 e. The second-order valence-corrected chi connectivity index (χ2v) is 13.7. The third-order valence-electron chi connectivity index (χ3n) is 8.97. The van der Waals surface area contributed by atoms with Crippen LogP contribution in [0.3, 0.4) is 0 Å². The van der Waals surface area contributed by atoms with Crippen molar-refractivity contribution in [2.45, 2.75) is 44.1 Å². The normalized spacial score (nSPS) is 19.7. The number of rotatable bonds is 13. The molecule has 12 heteroatoms. The number of ether oxygens (including phenoxy) is 4. The highest BCUT2D eigenvalue weighted by molar-refractivity contribution is 7.10. The molecule has 2 aromatic heterocycles. The number of thiophene rings is 1. The van der Waals surface area contributed by atoms with Crippen LogP contribution in [0.2, 0.25) is 10.0 Å². The topological polar surface area (TPSA) is 99.2 Å². The van der Waals surface area contributed by atoms with E-state index in [-0.39, 0.29) is 18.5 Å². The van der Waals surface area contributed by atoms with E-state index < -0.39 is 18.1 Å². The minimum absolute atomic E-state index is 0.0911. The largest absolute Gasteiger partial charge is 0.493 e. The van der Waals surface area contributed by atoms with Crippen LogP contribution >= 0.6 is 34.5 Å². The number of aromatic nitrogens is 1. The molecule has 1 unspecified atom stereocenters. The van der Waals surface area contributed by atoms with Crippen molar-refractivity contribution < 1.29 is 28.5 Å². The fraction of sp³-hybridized carbons (Fsp3) is 0.361.